The van der Waals surface area contributed by atoms with Gasteiger partial charge in [0.1, 0.15) is 11.8 Å². The molecular weight excluding hydrogens is 554 g/mol. The highest BCUT2D eigenvalue weighted by atomic mass is 16.5. The van der Waals surface area contributed by atoms with Gasteiger partial charge in [0.15, 0.2) is 5.78 Å². The molecule has 0 aliphatic heterocycles. The van der Waals surface area contributed by atoms with Crippen molar-refractivity contribution in [1.29, 1.82) is 0 Å². The van der Waals surface area contributed by atoms with Crippen LogP contribution < -0.4 is 10.1 Å². The van der Waals surface area contributed by atoms with E-state index in [-0.39, 0.29) is 24.2 Å². The average molecular weight is 598 g/mol. The molecule has 44 heavy (non-hydrogen) atoms. The topological polar surface area (TPSA) is 115 Å². The fourth-order valence-electron chi connectivity index (χ4n) is 4.79. The Bertz CT molecular complexity index is 1490. The van der Waals surface area contributed by atoms with Crippen LogP contribution in [0.2, 0.25) is 0 Å². The molecule has 0 fully saturated rings. The van der Waals surface area contributed by atoms with Gasteiger partial charge in [-0.25, -0.2) is 0 Å². The normalized spacial score (nSPS) is 12.2. The Kier molecular flexibility index (Phi) is 11.4. The molecule has 0 aliphatic rings. The van der Waals surface area contributed by atoms with E-state index in [9.17, 15) is 14.7 Å². The Balaban J connectivity index is 1.30. The minimum atomic E-state index is -1.02. The zero-order chi connectivity index (χ0) is 31.5. The van der Waals surface area contributed by atoms with E-state index in [1.165, 1.54) is 25.7 Å². The molecular formula is C36H43N3O5. The summed E-state index contributed by atoms with van der Waals surface area (Å²) in [6.45, 7) is 9.19. The number of carboxylic acid groups (broad SMARTS) is 1. The maximum absolute atomic E-state index is 12.7. The van der Waals surface area contributed by atoms with Crippen LogP contribution in [-0.4, -0.2) is 46.2 Å². The van der Waals surface area contributed by atoms with E-state index in [1.807, 2.05) is 60.7 Å². The summed E-state index contributed by atoms with van der Waals surface area (Å²) in [7, 11) is 0. The number of hydrogen-bond donors (Lipinski definition) is 2. The van der Waals surface area contributed by atoms with Gasteiger partial charge in [-0.1, -0.05) is 94.9 Å². The number of nitrogens with one attached hydrogen (secondary N) is 1. The van der Waals surface area contributed by atoms with Gasteiger partial charge in [0.05, 0.1) is 13.2 Å². The van der Waals surface area contributed by atoms with E-state index < -0.39 is 12.0 Å². The van der Waals surface area contributed by atoms with Crippen molar-refractivity contribution in [3.05, 3.63) is 89.5 Å². The van der Waals surface area contributed by atoms with Crippen LogP contribution in [-0.2, 0) is 16.6 Å². The van der Waals surface area contributed by atoms with Gasteiger partial charge in [0, 0.05) is 16.7 Å². The van der Waals surface area contributed by atoms with Crippen molar-refractivity contribution in [3.63, 3.8) is 0 Å². The monoisotopic (exact) mass is 597 g/mol. The summed E-state index contributed by atoms with van der Waals surface area (Å²) in [5, 5.41) is 16.8. The summed E-state index contributed by atoms with van der Waals surface area (Å²) in [6.07, 6.45) is 6.20. The zero-order valence-corrected chi connectivity index (χ0v) is 26.1. The Morgan fingerprint density at radius 2 is 1.55 bits per heavy atom. The summed E-state index contributed by atoms with van der Waals surface area (Å²) >= 11 is 0. The Labute approximate surface area is 259 Å². The highest BCUT2D eigenvalue weighted by Crippen LogP contribution is 2.25. The van der Waals surface area contributed by atoms with Crippen molar-refractivity contribution in [3.8, 4) is 28.6 Å². The molecule has 0 bridgehead atoms. The average Bonchev–Trinajstić information content (AvgIpc) is 3.51. The quantitative estimate of drug-likeness (QED) is 0.101. The predicted octanol–water partition coefficient (Wildman–Crippen LogP) is 7.52. The molecule has 4 aromatic rings. The van der Waals surface area contributed by atoms with Crippen LogP contribution in [0.5, 0.6) is 5.75 Å². The number of carbonyl (C=O) groups is 2. The van der Waals surface area contributed by atoms with E-state index in [1.54, 1.807) is 12.1 Å². The van der Waals surface area contributed by atoms with Gasteiger partial charge in [-0.15, -0.1) is 0 Å². The molecule has 1 aromatic heterocycles. The number of unbranched alkanes of at least 4 members (excludes halogenated alkanes) is 4. The largest absolute Gasteiger partial charge is 0.494 e. The van der Waals surface area contributed by atoms with Crippen LogP contribution in [0.25, 0.3) is 22.8 Å². The molecule has 2 N–H and O–H groups in total. The first-order valence-electron chi connectivity index (χ1n) is 15.4. The molecule has 0 amide bonds. The van der Waals surface area contributed by atoms with E-state index in [0.717, 1.165) is 34.4 Å². The fraction of sp³-hybridized carbons (Fsp3) is 0.389. The number of rotatable bonds is 16. The van der Waals surface area contributed by atoms with Crippen molar-refractivity contribution in [2.45, 2.75) is 77.7 Å². The SMILES string of the molecule is CCCCCCCOc1ccc(-c2noc(-c3ccc(C[C@H](NCC(=O)c4ccc(C(C)(C)C)cc4)C(=O)O)cc3)n2)cc1. The summed E-state index contributed by atoms with van der Waals surface area (Å²) in [5.74, 6) is 0.490. The number of hydrogen-bond acceptors (Lipinski definition) is 7. The van der Waals surface area contributed by atoms with Crippen LogP contribution in [0.3, 0.4) is 0 Å². The van der Waals surface area contributed by atoms with Crippen LogP contribution in [0.15, 0.2) is 77.3 Å². The van der Waals surface area contributed by atoms with Crippen molar-refractivity contribution in [2.75, 3.05) is 13.2 Å². The lowest BCUT2D eigenvalue weighted by molar-refractivity contribution is -0.139. The number of Topliss-reactive ketones (excluding diaryl/α,β-unsaturated/α-hetero) is 1. The van der Waals surface area contributed by atoms with Gasteiger partial charge >= 0.3 is 5.97 Å². The van der Waals surface area contributed by atoms with Crippen molar-refractivity contribution in [1.82, 2.24) is 15.5 Å². The second kappa shape index (κ2) is 15.4. The fourth-order valence-corrected chi connectivity index (χ4v) is 4.79. The Morgan fingerprint density at radius 1 is 0.886 bits per heavy atom. The van der Waals surface area contributed by atoms with E-state index in [0.29, 0.717) is 23.9 Å². The Morgan fingerprint density at radius 3 is 2.18 bits per heavy atom. The molecule has 3 aromatic carbocycles. The molecule has 1 heterocycles. The lowest BCUT2D eigenvalue weighted by Gasteiger charge is -2.19. The first-order chi connectivity index (χ1) is 21.1. The minimum absolute atomic E-state index is 0.00963. The minimum Gasteiger partial charge on any atom is -0.494 e. The molecule has 0 aliphatic carbocycles. The third kappa shape index (κ3) is 9.35. The van der Waals surface area contributed by atoms with Crippen molar-refractivity contribution in [2.24, 2.45) is 0 Å². The number of ketones is 1. The second-order valence-corrected chi connectivity index (χ2v) is 12.1. The molecule has 8 nitrogen and oxygen atoms in total. The van der Waals surface area contributed by atoms with Gasteiger partial charge in [-0.05, 0) is 65.8 Å². The summed E-state index contributed by atoms with van der Waals surface area (Å²) in [6, 6.07) is 21.5. The lowest BCUT2D eigenvalue weighted by Crippen LogP contribution is -2.41. The smallest absolute Gasteiger partial charge is 0.321 e. The maximum Gasteiger partial charge on any atom is 0.321 e. The number of ether oxygens (including phenoxy) is 1. The van der Waals surface area contributed by atoms with E-state index >= 15 is 0 Å². The van der Waals surface area contributed by atoms with Crippen LogP contribution >= 0.6 is 0 Å². The van der Waals surface area contributed by atoms with Crippen molar-refractivity contribution >= 4 is 11.8 Å². The van der Waals surface area contributed by atoms with Gasteiger partial charge in [-0.2, -0.15) is 4.98 Å². The molecule has 232 valence electrons. The lowest BCUT2D eigenvalue weighted by atomic mass is 9.86. The number of carbonyl (C=O) groups excluding carboxylic acids is 1. The second-order valence-electron chi connectivity index (χ2n) is 12.1. The molecule has 4 rings (SSSR count). The van der Waals surface area contributed by atoms with E-state index in [4.69, 9.17) is 9.26 Å². The number of aromatic nitrogens is 2. The van der Waals surface area contributed by atoms with Crippen molar-refractivity contribution < 1.29 is 24.0 Å². The first kappa shape index (κ1) is 32.6. The van der Waals surface area contributed by atoms with Gasteiger partial charge in [0.25, 0.3) is 5.89 Å². The molecule has 0 unspecified atom stereocenters. The molecule has 0 radical (unpaired) electrons. The molecule has 8 heteroatoms. The van der Waals surface area contributed by atoms with Gasteiger partial charge in [0.2, 0.25) is 5.82 Å². The van der Waals surface area contributed by atoms with Crippen LogP contribution in [0.1, 0.15) is 81.3 Å². The molecule has 0 spiro atoms. The van der Waals surface area contributed by atoms with Gasteiger partial charge in [-0.3, -0.25) is 14.9 Å². The summed E-state index contributed by atoms with van der Waals surface area (Å²) in [4.78, 5) is 29.2. The maximum atomic E-state index is 12.7. The predicted molar refractivity (Wildman–Crippen MR) is 172 cm³/mol. The van der Waals surface area contributed by atoms with Crippen LogP contribution in [0, 0.1) is 0 Å². The summed E-state index contributed by atoms with van der Waals surface area (Å²) in [5.41, 5.74) is 4.02. The highest BCUT2D eigenvalue weighted by molar-refractivity contribution is 5.98. The number of benzene rings is 3. The van der Waals surface area contributed by atoms with E-state index in [2.05, 4.69) is 43.2 Å². The number of carboxylic acids is 1. The van der Waals surface area contributed by atoms with Crippen LogP contribution in [0.4, 0.5) is 0 Å². The third-order valence-corrected chi connectivity index (χ3v) is 7.58. The molecule has 0 saturated heterocycles. The standard InChI is InChI=1S/C36H43N3O5/c1-5-6-7-8-9-22-43-30-20-16-27(17-21-30)33-38-34(44-39-33)28-12-10-25(11-13-28)23-31(35(41)42)37-24-32(40)26-14-18-29(19-15-26)36(2,3)4/h10-21,31,37H,5-9,22-24H2,1-4H3,(H,41,42)/t31-/m0/s1. The molecule has 0 saturated carbocycles. The number of nitrogens with zero attached hydrogens (tertiary/aromatic N) is 2. The molecule has 1 atom stereocenters. The highest BCUT2D eigenvalue weighted by Gasteiger charge is 2.20. The first-order valence-corrected chi connectivity index (χ1v) is 15.4. The number of aliphatic carboxylic acids is 1. The third-order valence-electron chi connectivity index (χ3n) is 7.58. The zero-order valence-electron chi connectivity index (χ0n) is 26.1. The van der Waals surface area contributed by atoms with Gasteiger partial charge < -0.3 is 14.4 Å². The Hall–Kier alpha value is -4.30. The summed E-state index contributed by atoms with van der Waals surface area (Å²) < 4.78 is 11.3.